The average molecular weight is 558 g/mol. The second kappa shape index (κ2) is 11.6. The quantitative estimate of drug-likeness (QED) is 0.393. The minimum absolute atomic E-state index is 0.0195. The highest BCUT2D eigenvalue weighted by Crippen LogP contribution is 2.32. The van der Waals surface area contributed by atoms with Crippen LogP contribution in [0.15, 0.2) is 83.8 Å². The van der Waals surface area contributed by atoms with Crippen molar-refractivity contribution in [3.05, 3.63) is 90.0 Å². The lowest BCUT2D eigenvalue weighted by Crippen LogP contribution is -2.51. The third kappa shape index (κ3) is 6.60. The van der Waals surface area contributed by atoms with Crippen molar-refractivity contribution in [2.24, 2.45) is 0 Å². The molecular weight excluding hydrogens is 526 g/mol. The molecule has 9 nitrogen and oxygen atoms in total. The molecule has 38 heavy (non-hydrogen) atoms. The van der Waals surface area contributed by atoms with Crippen LogP contribution >= 0.6 is 0 Å². The minimum atomic E-state index is -4.21. The summed E-state index contributed by atoms with van der Waals surface area (Å²) in [5.74, 6) is -0.559. The number of rotatable bonds is 10. The number of hydrogen-bond donors (Lipinski definition) is 2. The van der Waals surface area contributed by atoms with E-state index in [1.807, 2.05) is 36.4 Å². The Morgan fingerprint density at radius 3 is 2.21 bits per heavy atom. The zero-order valence-corrected chi connectivity index (χ0v) is 22.8. The Bertz CT molecular complexity index is 1480. The highest BCUT2D eigenvalue weighted by Gasteiger charge is 2.45. The summed E-state index contributed by atoms with van der Waals surface area (Å²) in [6.07, 6.45) is 0. The number of carbonyl (C=O) groups is 1. The molecule has 202 valence electrons. The molecule has 1 aliphatic rings. The van der Waals surface area contributed by atoms with Crippen molar-refractivity contribution in [2.75, 3.05) is 23.9 Å². The fraction of sp³-hybridized carbons (Fsp3) is 0.296. The van der Waals surface area contributed by atoms with Gasteiger partial charge in [-0.15, -0.1) is 0 Å². The van der Waals surface area contributed by atoms with Crippen LogP contribution in [0.5, 0.6) is 5.75 Å². The first-order chi connectivity index (χ1) is 18.1. The minimum Gasteiger partial charge on any atom is -0.495 e. The van der Waals surface area contributed by atoms with Crippen molar-refractivity contribution >= 4 is 31.5 Å². The molecule has 0 radical (unpaired) electrons. The van der Waals surface area contributed by atoms with Gasteiger partial charge in [-0.3, -0.25) is 4.79 Å². The second-order valence-electron chi connectivity index (χ2n) is 9.20. The van der Waals surface area contributed by atoms with Gasteiger partial charge in [-0.05, 0) is 29.3 Å². The summed E-state index contributed by atoms with van der Waals surface area (Å²) in [5, 5.41) is 5.89. The summed E-state index contributed by atoms with van der Waals surface area (Å²) >= 11 is 0. The van der Waals surface area contributed by atoms with Crippen molar-refractivity contribution in [3.8, 4) is 5.75 Å². The van der Waals surface area contributed by atoms with Crippen LogP contribution in [0, 0.1) is 0 Å². The van der Waals surface area contributed by atoms with Gasteiger partial charge < -0.3 is 15.4 Å². The normalized spacial score (nSPS) is 18.8. The summed E-state index contributed by atoms with van der Waals surface area (Å²) in [6.45, 7) is 1.69. The maximum absolute atomic E-state index is 14.1. The van der Waals surface area contributed by atoms with Gasteiger partial charge in [-0.2, -0.15) is 4.31 Å². The summed E-state index contributed by atoms with van der Waals surface area (Å²) < 4.78 is 60.5. The summed E-state index contributed by atoms with van der Waals surface area (Å²) in [5.41, 5.74) is 1.89. The Morgan fingerprint density at radius 1 is 0.974 bits per heavy atom. The van der Waals surface area contributed by atoms with Gasteiger partial charge in [0.05, 0.1) is 35.2 Å². The largest absolute Gasteiger partial charge is 0.495 e. The van der Waals surface area contributed by atoms with E-state index in [0.717, 1.165) is 11.1 Å². The summed E-state index contributed by atoms with van der Waals surface area (Å²) in [6, 6.07) is 21.3. The molecule has 2 atom stereocenters. The number of nitrogens with one attached hydrogen (secondary N) is 2. The number of methoxy groups -OCH3 is 1. The lowest BCUT2D eigenvalue weighted by molar-refractivity contribution is -0.114. The average Bonchev–Trinajstić information content (AvgIpc) is 3.20. The molecule has 0 saturated carbocycles. The maximum atomic E-state index is 14.1. The van der Waals surface area contributed by atoms with E-state index in [2.05, 4.69) is 10.6 Å². The highest BCUT2D eigenvalue weighted by molar-refractivity contribution is 7.92. The highest BCUT2D eigenvalue weighted by atomic mass is 32.2. The van der Waals surface area contributed by atoms with Crippen molar-refractivity contribution in [1.82, 2.24) is 9.62 Å². The van der Waals surface area contributed by atoms with Gasteiger partial charge in [0.2, 0.25) is 15.9 Å². The smallest absolute Gasteiger partial charge is 0.243 e. The third-order valence-electron chi connectivity index (χ3n) is 6.37. The molecule has 0 bridgehead atoms. The van der Waals surface area contributed by atoms with E-state index in [1.54, 1.807) is 24.3 Å². The first-order valence-electron chi connectivity index (χ1n) is 12.1. The lowest BCUT2D eigenvalue weighted by atomic mass is 10.1. The van der Waals surface area contributed by atoms with Gasteiger partial charge in [-0.1, -0.05) is 60.7 Å². The zero-order chi connectivity index (χ0) is 27.3. The summed E-state index contributed by atoms with van der Waals surface area (Å²) in [4.78, 5) is 11.6. The maximum Gasteiger partial charge on any atom is 0.243 e. The lowest BCUT2D eigenvalue weighted by Gasteiger charge is -2.32. The standard InChI is InChI=1S/C27H31N3O6S2/c1-20(31)29-24-15-23(13-14-27(24)36-2)38(34,35)30(17-22-11-7-4-8-12-22)26-19-37(32,33)18-25(26)28-16-21-9-5-3-6-10-21/h3-15,25-26,28H,16-19H2,1-2H3,(H,29,31)/t25-,26-/m0/s1. The van der Waals surface area contributed by atoms with Gasteiger partial charge in [0.15, 0.2) is 9.84 Å². The van der Waals surface area contributed by atoms with E-state index in [9.17, 15) is 21.6 Å². The van der Waals surface area contributed by atoms with Crippen LogP contribution in [-0.4, -0.2) is 57.7 Å². The van der Waals surface area contributed by atoms with Crippen LogP contribution in [0.2, 0.25) is 0 Å². The Balaban J connectivity index is 1.74. The molecule has 4 rings (SSSR count). The van der Waals surface area contributed by atoms with Gasteiger partial charge in [-0.25, -0.2) is 16.8 Å². The Hall–Kier alpha value is -3.25. The number of nitrogens with zero attached hydrogens (tertiary/aromatic N) is 1. The van der Waals surface area contributed by atoms with Crippen LogP contribution in [0.25, 0.3) is 0 Å². The Labute approximate surface area is 223 Å². The molecule has 0 aliphatic carbocycles. The molecule has 0 unspecified atom stereocenters. The molecule has 0 spiro atoms. The number of hydrogen-bond acceptors (Lipinski definition) is 7. The molecule has 1 saturated heterocycles. The first-order valence-corrected chi connectivity index (χ1v) is 15.3. The van der Waals surface area contributed by atoms with Crippen molar-refractivity contribution < 1.29 is 26.4 Å². The van der Waals surface area contributed by atoms with Crippen LogP contribution in [0.4, 0.5) is 5.69 Å². The topological polar surface area (TPSA) is 122 Å². The van der Waals surface area contributed by atoms with Crippen LogP contribution in [0.1, 0.15) is 18.1 Å². The van der Waals surface area contributed by atoms with E-state index >= 15 is 0 Å². The van der Waals surface area contributed by atoms with E-state index in [4.69, 9.17) is 4.74 Å². The van der Waals surface area contributed by atoms with Gasteiger partial charge in [0.1, 0.15) is 5.75 Å². The SMILES string of the molecule is COc1ccc(S(=O)(=O)N(Cc2ccccc2)[C@H]2CS(=O)(=O)C[C@@H]2NCc2ccccc2)cc1NC(C)=O. The molecule has 2 N–H and O–H groups in total. The number of anilines is 1. The molecule has 3 aromatic rings. The number of amides is 1. The van der Waals surface area contributed by atoms with Gasteiger partial charge in [0, 0.05) is 26.1 Å². The molecule has 1 amide bonds. The van der Waals surface area contributed by atoms with E-state index in [-0.39, 0.29) is 34.5 Å². The van der Waals surface area contributed by atoms with E-state index in [1.165, 1.54) is 36.5 Å². The first kappa shape index (κ1) is 27.8. The summed E-state index contributed by atoms with van der Waals surface area (Å²) in [7, 11) is -6.30. The zero-order valence-electron chi connectivity index (χ0n) is 21.2. The molecular formula is C27H31N3O6S2. The van der Waals surface area contributed by atoms with Crippen LogP contribution in [0.3, 0.4) is 0 Å². The van der Waals surface area contributed by atoms with Crippen LogP contribution in [-0.2, 0) is 37.7 Å². The molecule has 1 aliphatic heterocycles. The number of sulfonamides is 1. The van der Waals surface area contributed by atoms with Crippen molar-refractivity contribution in [2.45, 2.75) is 37.0 Å². The fourth-order valence-electron chi connectivity index (χ4n) is 4.57. The van der Waals surface area contributed by atoms with E-state index < -0.39 is 31.9 Å². The third-order valence-corrected chi connectivity index (χ3v) is 9.96. The van der Waals surface area contributed by atoms with Crippen molar-refractivity contribution in [1.29, 1.82) is 0 Å². The number of benzene rings is 3. The molecule has 11 heteroatoms. The number of ether oxygens (including phenoxy) is 1. The predicted molar refractivity (Wildman–Crippen MR) is 146 cm³/mol. The van der Waals surface area contributed by atoms with Crippen molar-refractivity contribution in [3.63, 3.8) is 0 Å². The molecule has 1 fully saturated rings. The fourth-order valence-corrected chi connectivity index (χ4v) is 8.29. The molecule has 0 aromatic heterocycles. The molecule has 3 aromatic carbocycles. The second-order valence-corrected chi connectivity index (χ2v) is 13.2. The van der Waals surface area contributed by atoms with Gasteiger partial charge >= 0.3 is 0 Å². The molecule has 1 heterocycles. The number of sulfone groups is 1. The van der Waals surface area contributed by atoms with Crippen LogP contribution < -0.4 is 15.4 Å². The Kier molecular flexibility index (Phi) is 8.51. The number of carbonyl (C=O) groups excluding carboxylic acids is 1. The predicted octanol–water partition coefficient (Wildman–Crippen LogP) is 2.80. The monoisotopic (exact) mass is 557 g/mol. The van der Waals surface area contributed by atoms with E-state index in [0.29, 0.717) is 12.3 Å². The Morgan fingerprint density at radius 2 is 1.61 bits per heavy atom. The van der Waals surface area contributed by atoms with Gasteiger partial charge in [0.25, 0.3) is 0 Å².